The van der Waals surface area contributed by atoms with Crippen LogP contribution in [0.15, 0.2) is 34.7 Å². The first-order chi connectivity index (χ1) is 15.5. The highest BCUT2D eigenvalue weighted by atomic mass is 35.5. The summed E-state index contributed by atoms with van der Waals surface area (Å²) in [6.45, 7) is 2.71. The Morgan fingerprint density at radius 1 is 1.18 bits per heavy atom. The second-order valence-corrected chi connectivity index (χ2v) is 10.3. The molecule has 1 amide bonds. The van der Waals surface area contributed by atoms with Crippen molar-refractivity contribution in [1.29, 1.82) is 0 Å². The summed E-state index contributed by atoms with van der Waals surface area (Å²) in [6.07, 6.45) is -5.15. The Morgan fingerprint density at radius 2 is 1.85 bits per heavy atom. The fourth-order valence-corrected chi connectivity index (χ4v) is 5.98. The van der Waals surface area contributed by atoms with E-state index in [4.69, 9.17) is 27.9 Å². The number of carbonyl (C=O) groups excluding carboxylic acids is 1. The highest BCUT2D eigenvalue weighted by Crippen LogP contribution is 2.57. The van der Waals surface area contributed by atoms with E-state index in [0.717, 1.165) is 23.3 Å². The van der Waals surface area contributed by atoms with Crippen LogP contribution in [-0.2, 0) is 26.5 Å². The number of carbonyl (C=O) groups is 1. The van der Waals surface area contributed by atoms with Gasteiger partial charge in [0.15, 0.2) is 10.6 Å². The molecule has 1 atom stereocenters. The predicted octanol–water partition coefficient (Wildman–Crippen LogP) is 6.02. The average Bonchev–Trinajstić information content (AvgIpc) is 3.33. The molecule has 5 rings (SSSR count). The molecule has 4 nitrogen and oxygen atoms in total. The minimum absolute atomic E-state index is 0.0314. The smallest absolute Gasteiger partial charge is 0.362 e. The van der Waals surface area contributed by atoms with Crippen LogP contribution in [0.3, 0.4) is 0 Å². The molecule has 3 aliphatic heterocycles. The number of alkyl halides is 3. The highest BCUT2D eigenvalue weighted by Gasteiger charge is 2.60. The van der Waals surface area contributed by atoms with E-state index < -0.39 is 38.8 Å². The lowest BCUT2D eigenvalue weighted by Gasteiger charge is -2.47. The summed E-state index contributed by atoms with van der Waals surface area (Å²) in [5, 5.41) is -0.953. The normalized spacial score (nSPS) is 23.5. The Labute approximate surface area is 201 Å². The number of likely N-dealkylation sites (tertiary alicyclic amines) is 1. The Kier molecular flexibility index (Phi) is 5.28. The molecular formula is C22H16Cl2F4N2O2S. The van der Waals surface area contributed by atoms with Crippen LogP contribution >= 0.6 is 35.1 Å². The van der Waals surface area contributed by atoms with Crippen LogP contribution in [-0.4, -0.2) is 35.8 Å². The number of rotatable bonds is 2. The van der Waals surface area contributed by atoms with Gasteiger partial charge in [0.2, 0.25) is 5.91 Å². The minimum Gasteiger partial charge on any atom is -0.362 e. The third-order valence-corrected chi connectivity index (χ3v) is 8.19. The Balaban J connectivity index is 1.45. The summed E-state index contributed by atoms with van der Waals surface area (Å²) in [7, 11) is 0. The van der Waals surface area contributed by atoms with Crippen LogP contribution in [0.4, 0.5) is 17.6 Å². The number of benzene rings is 2. The molecule has 2 aromatic rings. The highest BCUT2D eigenvalue weighted by molar-refractivity contribution is 7.99. The average molecular weight is 519 g/mol. The van der Waals surface area contributed by atoms with Crippen molar-refractivity contribution >= 4 is 46.8 Å². The van der Waals surface area contributed by atoms with E-state index in [1.807, 2.05) is 6.07 Å². The van der Waals surface area contributed by atoms with Gasteiger partial charge in [0, 0.05) is 13.3 Å². The molecule has 174 valence electrons. The first-order valence-electron chi connectivity index (χ1n) is 9.96. The van der Waals surface area contributed by atoms with Crippen molar-refractivity contribution in [2.24, 2.45) is 4.40 Å². The summed E-state index contributed by atoms with van der Waals surface area (Å²) in [4.78, 5) is 13.2. The van der Waals surface area contributed by atoms with Gasteiger partial charge >= 0.3 is 6.18 Å². The van der Waals surface area contributed by atoms with Gasteiger partial charge in [-0.25, -0.2) is 8.79 Å². The zero-order valence-corrected chi connectivity index (χ0v) is 19.4. The number of halogens is 6. The minimum atomic E-state index is -4.70. The van der Waals surface area contributed by atoms with Crippen LogP contribution in [0, 0.1) is 5.82 Å². The quantitative estimate of drug-likeness (QED) is 0.277. The van der Waals surface area contributed by atoms with Crippen LogP contribution in [0.1, 0.15) is 35.6 Å². The molecule has 0 saturated carbocycles. The lowest BCUT2D eigenvalue weighted by molar-refractivity contribution is -0.166. The topological polar surface area (TPSA) is 41.9 Å². The standard InChI is InChI=1S/C22H16Cl2F4N2O2S/c1-11(31)30-9-20(10-30)15-3-2-12(4-13(15)8-32-20)18-7-21(33-29-18,22(26,27)28)14-5-16(23)19(25)17(24)6-14/h2-6H,7-10H2,1H3. The van der Waals surface area contributed by atoms with Gasteiger partial charge in [0.05, 0.1) is 35.5 Å². The van der Waals surface area contributed by atoms with E-state index in [-0.39, 0.29) is 17.2 Å². The maximum atomic E-state index is 14.3. The Bertz CT molecular complexity index is 1190. The summed E-state index contributed by atoms with van der Waals surface area (Å²) in [5.74, 6) is -0.994. The molecule has 3 aliphatic rings. The van der Waals surface area contributed by atoms with Gasteiger partial charge < -0.3 is 9.64 Å². The van der Waals surface area contributed by atoms with Crippen molar-refractivity contribution < 1.29 is 27.1 Å². The fraction of sp³-hybridized carbons (Fsp3) is 0.364. The van der Waals surface area contributed by atoms with Crippen molar-refractivity contribution in [3.63, 3.8) is 0 Å². The van der Waals surface area contributed by atoms with E-state index in [0.29, 0.717) is 37.2 Å². The summed E-state index contributed by atoms with van der Waals surface area (Å²) in [6, 6.07) is 7.26. The summed E-state index contributed by atoms with van der Waals surface area (Å²) >= 11 is 12.0. The van der Waals surface area contributed by atoms with E-state index in [1.54, 1.807) is 17.0 Å². The maximum Gasteiger partial charge on any atom is 0.409 e. The number of hydrogen-bond donors (Lipinski definition) is 0. The predicted molar refractivity (Wildman–Crippen MR) is 118 cm³/mol. The molecule has 1 saturated heterocycles. The van der Waals surface area contributed by atoms with Crippen molar-refractivity contribution in [2.45, 2.75) is 36.5 Å². The fourth-order valence-electron chi connectivity index (χ4n) is 4.53. The van der Waals surface area contributed by atoms with Gasteiger partial charge in [-0.3, -0.25) is 4.79 Å². The molecule has 11 heteroatoms. The monoisotopic (exact) mass is 518 g/mol. The lowest BCUT2D eigenvalue weighted by atomic mass is 9.83. The van der Waals surface area contributed by atoms with Crippen LogP contribution < -0.4 is 0 Å². The van der Waals surface area contributed by atoms with E-state index in [2.05, 4.69) is 4.40 Å². The Hall–Kier alpha value is -1.81. The zero-order valence-electron chi connectivity index (χ0n) is 17.1. The van der Waals surface area contributed by atoms with Gasteiger partial charge in [0.25, 0.3) is 0 Å². The number of ether oxygens (including phenoxy) is 1. The van der Waals surface area contributed by atoms with Crippen LogP contribution in [0.25, 0.3) is 0 Å². The molecule has 0 bridgehead atoms. The number of fused-ring (bicyclic) bond motifs is 2. The first kappa shape index (κ1) is 23.0. The molecule has 0 aliphatic carbocycles. The summed E-state index contributed by atoms with van der Waals surface area (Å²) in [5.41, 5.74) is 1.81. The molecule has 0 aromatic heterocycles. The van der Waals surface area contributed by atoms with Gasteiger partial charge in [0.1, 0.15) is 5.60 Å². The Morgan fingerprint density at radius 3 is 2.45 bits per heavy atom. The molecule has 0 radical (unpaired) electrons. The van der Waals surface area contributed by atoms with Gasteiger partial charge in [-0.05, 0) is 52.4 Å². The third kappa shape index (κ3) is 3.47. The zero-order chi connectivity index (χ0) is 23.8. The van der Waals surface area contributed by atoms with Crippen LogP contribution in [0.2, 0.25) is 10.0 Å². The van der Waals surface area contributed by atoms with E-state index >= 15 is 0 Å². The maximum absolute atomic E-state index is 14.3. The van der Waals surface area contributed by atoms with Gasteiger partial charge in [-0.15, -0.1) is 0 Å². The van der Waals surface area contributed by atoms with Crippen molar-refractivity contribution in [3.8, 4) is 0 Å². The number of hydrogen-bond acceptors (Lipinski definition) is 4. The van der Waals surface area contributed by atoms with Gasteiger partial charge in [-0.1, -0.05) is 35.3 Å². The molecule has 2 aromatic carbocycles. The first-order valence-corrected chi connectivity index (χ1v) is 11.5. The van der Waals surface area contributed by atoms with E-state index in [1.165, 1.54) is 6.92 Å². The van der Waals surface area contributed by atoms with E-state index in [9.17, 15) is 22.4 Å². The molecule has 1 fully saturated rings. The molecular weight excluding hydrogens is 503 g/mol. The molecule has 3 heterocycles. The SMILES string of the molecule is CC(=O)N1CC2(C1)OCc1cc(C3=NSC(c4cc(Cl)c(F)c(Cl)c4)(C(F)(F)F)C3)ccc12. The third-order valence-electron chi connectivity index (χ3n) is 6.41. The molecule has 1 spiro atoms. The largest absolute Gasteiger partial charge is 0.409 e. The molecule has 33 heavy (non-hydrogen) atoms. The van der Waals surface area contributed by atoms with Crippen LogP contribution in [0.5, 0.6) is 0 Å². The molecule has 1 unspecified atom stereocenters. The van der Waals surface area contributed by atoms with Gasteiger partial charge in [-0.2, -0.15) is 13.2 Å². The summed E-state index contributed by atoms with van der Waals surface area (Å²) < 4.78 is 64.4. The number of amides is 1. The van der Waals surface area contributed by atoms with Crippen molar-refractivity contribution in [3.05, 3.63) is 68.4 Å². The lowest BCUT2D eigenvalue weighted by Crippen LogP contribution is -2.60. The van der Waals surface area contributed by atoms with Crippen molar-refractivity contribution in [1.82, 2.24) is 4.90 Å². The number of nitrogens with zero attached hydrogens (tertiary/aromatic N) is 2. The second-order valence-electron chi connectivity index (χ2n) is 8.41. The molecule has 0 N–H and O–H groups in total. The second kappa shape index (κ2) is 7.60. The van der Waals surface area contributed by atoms with Crippen molar-refractivity contribution in [2.75, 3.05) is 13.1 Å².